The smallest absolute Gasteiger partial charge is 0.363 e. The summed E-state index contributed by atoms with van der Waals surface area (Å²) in [5, 5.41) is 2.07. The van der Waals surface area contributed by atoms with Crippen molar-refractivity contribution in [1.82, 2.24) is 0 Å². The molecule has 0 saturated heterocycles. The maximum atomic E-state index is 12.1. The third kappa shape index (κ3) is 2.44. The Hall–Kier alpha value is -3.14. The number of esters is 1. The molecule has 1 aliphatic heterocycles. The van der Waals surface area contributed by atoms with E-state index in [1.807, 2.05) is 55.5 Å². The highest BCUT2D eigenvalue weighted by Crippen LogP contribution is 2.25. The van der Waals surface area contributed by atoms with Crippen LogP contribution in [0.2, 0.25) is 0 Å². The number of ether oxygens (including phenoxy) is 1. The summed E-state index contributed by atoms with van der Waals surface area (Å²) in [6, 6.07) is 17.4. The molecule has 0 unspecified atom stereocenters. The van der Waals surface area contributed by atoms with Crippen molar-refractivity contribution in [1.29, 1.82) is 0 Å². The average Bonchev–Trinajstić information content (AvgIpc) is 3.13. The van der Waals surface area contributed by atoms with Crippen LogP contribution in [0.15, 0.2) is 69.7 Å². The SMILES string of the molecule is Cc1ccc(/C=C2\N=C(c3cccc4ccccc34)OC2=O)o1. The van der Waals surface area contributed by atoms with Gasteiger partial charge in [0.1, 0.15) is 11.5 Å². The third-order valence-electron chi connectivity index (χ3n) is 3.68. The molecule has 1 aromatic heterocycles. The quantitative estimate of drug-likeness (QED) is 0.529. The number of benzene rings is 2. The molecule has 0 atom stereocenters. The fraction of sp³-hybridized carbons (Fsp3) is 0.0526. The number of aryl methyl sites for hydroxylation is 1. The summed E-state index contributed by atoms with van der Waals surface area (Å²) in [5.74, 6) is 1.21. The minimum atomic E-state index is -0.470. The molecular weight excluding hydrogens is 290 g/mol. The van der Waals surface area contributed by atoms with Gasteiger partial charge in [0.05, 0.1) is 0 Å². The number of cyclic esters (lactones) is 1. The van der Waals surface area contributed by atoms with E-state index in [0.717, 1.165) is 22.1 Å². The van der Waals surface area contributed by atoms with Crippen LogP contribution in [0.5, 0.6) is 0 Å². The van der Waals surface area contributed by atoms with Gasteiger partial charge in [0.2, 0.25) is 5.90 Å². The summed E-state index contributed by atoms with van der Waals surface area (Å²) in [6.07, 6.45) is 1.59. The number of hydrogen-bond donors (Lipinski definition) is 0. The zero-order chi connectivity index (χ0) is 15.8. The first-order valence-electron chi connectivity index (χ1n) is 7.28. The number of carbonyl (C=O) groups excluding carboxylic acids is 1. The van der Waals surface area contributed by atoms with Crippen molar-refractivity contribution in [3.63, 3.8) is 0 Å². The molecule has 2 aromatic carbocycles. The van der Waals surface area contributed by atoms with Gasteiger partial charge in [0, 0.05) is 11.6 Å². The van der Waals surface area contributed by atoms with E-state index in [2.05, 4.69) is 4.99 Å². The van der Waals surface area contributed by atoms with Crippen LogP contribution in [0.4, 0.5) is 0 Å². The lowest BCUT2D eigenvalue weighted by atomic mass is 10.0. The van der Waals surface area contributed by atoms with Crippen LogP contribution in [-0.2, 0) is 9.53 Å². The molecule has 23 heavy (non-hydrogen) atoms. The molecule has 0 spiro atoms. The molecule has 0 aliphatic carbocycles. The van der Waals surface area contributed by atoms with Gasteiger partial charge in [-0.3, -0.25) is 0 Å². The molecule has 4 rings (SSSR count). The summed E-state index contributed by atoms with van der Waals surface area (Å²) in [5.41, 5.74) is 1.04. The van der Waals surface area contributed by atoms with Crippen molar-refractivity contribution in [2.45, 2.75) is 6.92 Å². The van der Waals surface area contributed by atoms with Gasteiger partial charge < -0.3 is 9.15 Å². The molecule has 0 fully saturated rings. The van der Waals surface area contributed by atoms with Crippen LogP contribution in [0.25, 0.3) is 16.8 Å². The highest BCUT2D eigenvalue weighted by Gasteiger charge is 2.25. The zero-order valence-corrected chi connectivity index (χ0v) is 12.4. The van der Waals surface area contributed by atoms with Gasteiger partial charge in [-0.25, -0.2) is 9.79 Å². The first-order chi connectivity index (χ1) is 11.2. The summed E-state index contributed by atoms with van der Waals surface area (Å²) in [4.78, 5) is 16.4. The molecule has 0 N–H and O–H groups in total. The van der Waals surface area contributed by atoms with Gasteiger partial charge in [0.15, 0.2) is 5.70 Å². The molecule has 0 bridgehead atoms. The van der Waals surface area contributed by atoms with Gasteiger partial charge in [0.25, 0.3) is 0 Å². The second-order valence-corrected chi connectivity index (χ2v) is 5.31. The Bertz CT molecular complexity index is 974. The van der Waals surface area contributed by atoms with E-state index in [-0.39, 0.29) is 5.70 Å². The topological polar surface area (TPSA) is 51.8 Å². The molecule has 4 heteroatoms. The van der Waals surface area contributed by atoms with Gasteiger partial charge in [-0.1, -0.05) is 36.4 Å². The van der Waals surface area contributed by atoms with Crippen LogP contribution in [0.1, 0.15) is 17.1 Å². The van der Waals surface area contributed by atoms with Crippen molar-refractivity contribution in [2.24, 2.45) is 4.99 Å². The molecule has 3 aromatic rings. The normalized spacial score (nSPS) is 16.0. The Morgan fingerprint density at radius 2 is 1.83 bits per heavy atom. The minimum Gasteiger partial charge on any atom is -0.462 e. The van der Waals surface area contributed by atoms with Crippen molar-refractivity contribution in [3.8, 4) is 0 Å². The standard InChI is InChI=1S/C19H13NO3/c1-12-9-10-14(22-12)11-17-19(21)23-18(20-17)16-8-4-6-13-5-2-3-7-15(13)16/h2-11H,1H3/b17-11-. The predicted octanol–water partition coefficient (Wildman–Crippen LogP) is 4.09. The molecule has 1 aliphatic rings. The van der Waals surface area contributed by atoms with E-state index < -0.39 is 5.97 Å². The summed E-state index contributed by atoms with van der Waals surface area (Å²) < 4.78 is 10.8. The van der Waals surface area contributed by atoms with Crippen LogP contribution in [-0.4, -0.2) is 11.9 Å². The summed E-state index contributed by atoms with van der Waals surface area (Å²) in [7, 11) is 0. The van der Waals surface area contributed by atoms with Gasteiger partial charge in [-0.15, -0.1) is 0 Å². The van der Waals surface area contributed by atoms with E-state index >= 15 is 0 Å². The lowest BCUT2D eigenvalue weighted by Gasteiger charge is -2.04. The van der Waals surface area contributed by atoms with Crippen LogP contribution >= 0.6 is 0 Å². The largest absolute Gasteiger partial charge is 0.462 e. The van der Waals surface area contributed by atoms with Gasteiger partial charge in [-0.2, -0.15) is 0 Å². The Morgan fingerprint density at radius 1 is 1.00 bits per heavy atom. The maximum Gasteiger partial charge on any atom is 0.363 e. The third-order valence-corrected chi connectivity index (χ3v) is 3.68. The van der Waals surface area contributed by atoms with E-state index in [9.17, 15) is 4.79 Å². The fourth-order valence-corrected chi connectivity index (χ4v) is 2.60. The number of furan rings is 1. The Morgan fingerprint density at radius 3 is 2.65 bits per heavy atom. The summed E-state index contributed by atoms with van der Waals surface area (Å²) in [6.45, 7) is 1.85. The van der Waals surface area contributed by atoms with Crippen LogP contribution in [0, 0.1) is 6.92 Å². The first kappa shape index (κ1) is 13.5. The Labute approximate surface area is 132 Å². The number of nitrogens with zero attached hydrogens (tertiary/aromatic N) is 1. The van der Waals surface area contributed by atoms with Crippen LogP contribution in [0.3, 0.4) is 0 Å². The number of hydrogen-bond acceptors (Lipinski definition) is 4. The molecule has 2 heterocycles. The molecule has 112 valence electrons. The van der Waals surface area contributed by atoms with Crippen molar-refractivity contribution in [3.05, 3.63) is 77.4 Å². The number of carbonyl (C=O) groups is 1. The Kier molecular flexibility index (Phi) is 3.08. The lowest BCUT2D eigenvalue weighted by Crippen LogP contribution is -2.05. The summed E-state index contributed by atoms with van der Waals surface area (Å²) >= 11 is 0. The van der Waals surface area contributed by atoms with Crippen LogP contribution < -0.4 is 0 Å². The molecule has 4 nitrogen and oxygen atoms in total. The average molecular weight is 303 g/mol. The number of fused-ring (bicyclic) bond motifs is 1. The highest BCUT2D eigenvalue weighted by molar-refractivity contribution is 6.17. The van der Waals surface area contributed by atoms with Gasteiger partial charge >= 0.3 is 5.97 Å². The second-order valence-electron chi connectivity index (χ2n) is 5.31. The predicted molar refractivity (Wildman–Crippen MR) is 88.0 cm³/mol. The highest BCUT2D eigenvalue weighted by atomic mass is 16.6. The van der Waals surface area contributed by atoms with E-state index in [1.165, 1.54) is 0 Å². The second kappa shape index (κ2) is 5.25. The van der Waals surface area contributed by atoms with E-state index in [4.69, 9.17) is 9.15 Å². The van der Waals surface area contributed by atoms with Crippen molar-refractivity contribution in [2.75, 3.05) is 0 Å². The van der Waals surface area contributed by atoms with Gasteiger partial charge in [-0.05, 0) is 35.9 Å². The molecule has 0 saturated carbocycles. The zero-order valence-electron chi connectivity index (χ0n) is 12.4. The minimum absolute atomic E-state index is 0.238. The number of rotatable bonds is 2. The number of aliphatic imine (C=N–C) groups is 1. The van der Waals surface area contributed by atoms with Crippen molar-refractivity contribution >= 4 is 28.7 Å². The molecule has 0 radical (unpaired) electrons. The molecular formula is C19H13NO3. The van der Waals surface area contributed by atoms with E-state index in [1.54, 1.807) is 12.1 Å². The van der Waals surface area contributed by atoms with Crippen molar-refractivity contribution < 1.29 is 13.9 Å². The van der Waals surface area contributed by atoms with E-state index in [0.29, 0.717) is 11.7 Å². The monoisotopic (exact) mass is 303 g/mol. The molecule has 0 amide bonds. The lowest BCUT2D eigenvalue weighted by molar-refractivity contribution is -0.129. The Balaban J connectivity index is 1.79. The maximum absolute atomic E-state index is 12.1. The first-order valence-corrected chi connectivity index (χ1v) is 7.28. The fourth-order valence-electron chi connectivity index (χ4n) is 2.60.